The van der Waals surface area contributed by atoms with E-state index in [1.807, 2.05) is 0 Å². The number of hydrogen-bond donors (Lipinski definition) is 2. The summed E-state index contributed by atoms with van der Waals surface area (Å²) < 4.78 is 10.1. The number of aliphatic hydroxyl groups excluding tert-OH is 1. The van der Waals surface area contributed by atoms with Crippen LogP contribution in [0.15, 0.2) is 12.0 Å². The Morgan fingerprint density at radius 1 is 1.32 bits per heavy atom. The second kappa shape index (κ2) is 6.56. The average molecular weight is 310 g/mol. The molecule has 3 rings (SSSR count). The number of esters is 1. The number of carbonyl (C=O) groups is 2. The van der Waals surface area contributed by atoms with Gasteiger partial charge in [-0.2, -0.15) is 0 Å². The van der Waals surface area contributed by atoms with Gasteiger partial charge in [0.2, 0.25) is 6.29 Å². The van der Waals surface area contributed by atoms with Crippen LogP contribution in [0.1, 0.15) is 38.5 Å². The number of hydrogen-bond acceptors (Lipinski definition) is 6. The van der Waals surface area contributed by atoms with Crippen molar-refractivity contribution < 1.29 is 24.2 Å². The Morgan fingerprint density at radius 3 is 2.91 bits per heavy atom. The van der Waals surface area contributed by atoms with Crippen LogP contribution in [0.5, 0.6) is 0 Å². The normalized spacial score (nSPS) is 32.0. The average Bonchev–Trinajstić information content (AvgIpc) is 2.77. The Labute approximate surface area is 129 Å². The van der Waals surface area contributed by atoms with Gasteiger partial charge in [0.05, 0.1) is 12.5 Å². The molecular formula is C15H22N2O5. The lowest BCUT2D eigenvalue weighted by molar-refractivity contribution is -0.155. The van der Waals surface area contributed by atoms with E-state index in [2.05, 4.69) is 15.0 Å². The highest BCUT2D eigenvalue weighted by Crippen LogP contribution is 2.25. The van der Waals surface area contributed by atoms with Gasteiger partial charge in [0.25, 0.3) is 5.91 Å². The summed E-state index contributed by atoms with van der Waals surface area (Å²) in [6, 6.07) is -0.478. The number of carbonyl (C=O) groups excluding carboxylic acids is 2. The van der Waals surface area contributed by atoms with Crippen LogP contribution in [0.4, 0.5) is 0 Å². The third kappa shape index (κ3) is 3.19. The zero-order chi connectivity index (χ0) is 15.5. The third-order valence-corrected chi connectivity index (χ3v) is 4.45. The van der Waals surface area contributed by atoms with Crippen LogP contribution in [-0.2, 0) is 19.1 Å². The van der Waals surface area contributed by atoms with E-state index in [4.69, 9.17) is 4.74 Å². The Balaban J connectivity index is 1.67. The first-order chi connectivity index (χ1) is 10.6. The van der Waals surface area contributed by atoms with Gasteiger partial charge in [0.15, 0.2) is 0 Å². The summed E-state index contributed by atoms with van der Waals surface area (Å²) in [5.41, 5.74) is 0.477. The maximum absolute atomic E-state index is 12.5. The molecule has 0 aromatic heterocycles. The number of nitrogens with zero attached hydrogens (tertiary/aromatic N) is 1. The predicted octanol–water partition coefficient (Wildman–Crippen LogP) is 0.243. The largest absolute Gasteiger partial charge is 0.497 e. The summed E-state index contributed by atoms with van der Waals surface area (Å²) in [4.78, 5) is 25.7. The van der Waals surface area contributed by atoms with E-state index >= 15 is 0 Å². The summed E-state index contributed by atoms with van der Waals surface area (Å²) in [6.07, 6.45) is 5.80. The molecule has 0 bridgehead atoms. The van der Waals surface area contributed by atoms with Gasteiger partial charge in [0, 0.05) is 6.54 Å². The minimum atomic E-state index is -1.27. The molecule has 0 aromatic carbocycles. The zero-order valence-corrected chi connectivity index (χ0v) is 12.5. The summed E-state index contributed by atoms with van der Waals surface area (Å²) in [5.74, 6) is -0.830. The molecule has 0 spiro atoms. The van der Waals surface area contributed by atoms with E-state index in [0.29, 0.717) is 12.3 Å². The summed E-state index contributed by atoms with van der Waals surface area (Å²) in [6.45, 7) is 1.43. The minimum absolute atomic E-state index is 0.00945. The van der Waals surface area contributed by atoms with Crippen LogP contribution in [0.2, 0.25) is 0 Å². The minimum Gasteiger partial charge on any atom is -0.497 e. The first-order valence-corrected chi connectivity index (χ1v) is 7.92. The van der Waals surface area contributed by atoms with Crippen molar-refractivity contribution in [1.82, 2.24) is 10.2 Å². The van der Waals surface area contributed by atoms with E-state index in [9.17, 15) is 14.7 Å². The van der Waals surface area contributed by atoms with Crippen molar-refractivity contribution in [2.75, 3.05) is 13.2 Å². The Kier molecular flexibility index (Phi) is 4.52. The highest BCUT2D eigenvalue weighted by molar-refractivity contribution is 5.93. The molecule has 7 heteroatoms. The molecule has 2 fully saturated rings. The summed E-state index contributed by atoms with van der Waals surface area (Å²) in [7, 11) is 0. The van der Waals surface area contributed by atoms with E-state index in [0.717, 1.165) is 25.8 Å². The quantitative estimate of drug-likeness (QED) is 0.711. The summed E-state index contributed by atoms with van der Waals surface area (Å²) >= 11 is 0. The molecule has 3 aliphatic heterocycles. The molecule has 3 unspecified atom stereocenters. The van der Waals surface area contributed by atoms with E-state index in [1.165, 1.54) is 19.1 Å². The molecule has 0 aliphatic carbocycles. The van der Waals surface area contributed by atoms with Crippen LogP contribution >= 0.6 is 0 Å². The molecule has 3 heterocycles. The maximum atomic E-state index is 12.5. The second-order valence-electron chi connectivity index (χ2n) is 6.05. The topological polar surface area (TPSA) is 88.1 Å². The van der Waals surface area contributed by atoms with Crippen molar-refractivity contribution in [2.24, 2.45) is 0 Å². The number of rotatable bonds is 2. The smallest absolute Gasteiger partial charge is 0.310 e. The molecule has 2 N–H and O–H groups in total. The molecule has 7 nitrogen and oxygen atoms in total. The van der Waals surface area contributed by atoms with Crippen molar-refractivity contribution in [3.63, 3.8) is 0 Å². The second-order valence-corrected chi connectivity index (χ2v) is 6.05. The van der Waals surface area contributed by atoms with Crippen molar-refractivity contribution in [1.29, 1.82) is 0 Å². The third-order valence-electron chi connectivity index (χ3n) is 4.45. The van der Waals surface area contributed by atoms with Crippen LogP contribution in [-0.4, -0.2) is 53.4 Å². The lowest BCUT2D eigenvalue weighted by atomic mass is 10.0. The van der Waals surface area contributed by atoms with Crippen LogP contribution < -0.4 is 5.32 Å². The molecule has 3 atom stereocenters. The van der Waals surface area contributed by atoms with Gasteiger partial charge >= 0.3 is 5.97 Å². The van der Waals surface area contributed by atoms with Crippen molar-refractivity contribution >= 4 is 11.9 Å². The monoisotopic (exact) mass is 310 g/mol. The fourth-order valence-electron chi connectivity index (χ4n) is 3.24. The summed E-state index contributed by atoms with van der Waals surface area (Å²) in [5, 5.41) is 12.3. The number of ether oxygens (including phenoxy) is 2. The van der Waals surface area contributed by atoms with Crippen molar-refractivity contribution in [3.05, 3.63) is 12.0 Å². The van der Waals surface area contributed by atoms with Gasteiger partial charge in [-0.05, 0) is 12.8 Å². The molecule has 3 aliphatic rings. The molecule has 22 heavy (non-hydrogen) atoms. The van der Waals surface area contributed by atoms with Gasteiger partial charge in [-0.25, -0.2) is 0 Å². The zero-order valence-electron chi connectivity index (χ0n) is 12.5. The fraction of sp³-hybridized carbons (Fsp3) is 0.733. The molecular weight excluding hydrogens is 288 g/mol. The highest BCUT2D eigenvalue weighted by Gasteiger charge is 2.37. The lowest BCUT2D eigenvalue weighted by Gasteiger charge is -2.38. The first-order valence-electron chi connectivity index (χ1n) is 7.92. The maximum Gasteiger partial charge on any atom is 0.310 e. The Hall–Kier alpha value is -1.76. The van der Waals surface area contributed by atoms with Crippen LogP contribution in [0.25, 0.3) is 0 Å². The lowest BCUT2D eigenvalue weighted by Crippen LogP contribution is -2.49. The van der Waals surface area contributed by atoms with Gasteiger partial charge in [0.1, 0.15) is 24.6 Å². The molecule has 0 radical (unpaired) electrons. The van der Waals surface area contributed by atoms with E-state index in [-0.39, 0.29) is 18.4 Å². The van der Waals surface area contributed by atoms with E-state index in [1.54, 1.807) is 0 Å². The highest BCUT2D eigenvalue weighted by atomic mass is 16.6. The number of fused-ring (bicyclic) bond motifs is 1. The Morgan fingerprint density at radius 2 is 2.14 bits per heavy atom. The predicted molar refractivity (Wildman–Crippen MR) is 76.3 cm³/mol. The van der Waals surface area contributed by atoms with Gasteiger partial charge < -0.3 is 24.8 Å². The SMILES string of the molecule is O=C1CC(NC(=O)C2=COCC3CCCCCCN23)C(O)O1. The molecule has 0 saturated carbocycles. The van der Waals surface area contributed by atoms with Crippen LogP contribution in [0, 0.1) is 0 Å². The molecule has 2 saturated heterocycles. The standard InChI is InChI=1S/C15H22N2O5/c18-13-7-11(15(20)22-13)16-14(19)12-9-21-8-10-5-3-1-2-4-6-17(10)12/h9-11,15,20H,1-8H2,(H,16,19). The van der Waals surface area contributed by atoms with Crippen LogP contribution in [0.3, 0.4) is 0 Å². The van der Waals surface area contributed by atoms with Gasteiger partial charge in [-0.15, -0.1) is 0 Å². The fourth-order valence-corrected chi connectivity index (χ4v) is 3.24. The number of amides is 1. The first kappa shape index (κ1) is 15.1. The molecule has 1 amide bonds. The number of nitrogens with one attached hydrogen (secondary N) is 1. The van der Waals surface area contributed by atoms with Gasteiger partial charge in [-0.1, -0.05) is 19.3 Å². The molecule has 122 valence electrons. The van der Waals surface area contributed by atoms with E-state index < -0.39 is 18.3 Å². The van der Waals surface area contributed by atoms with Gasteiger partial charge in [-0.3, -0.25) is 9.59 Å². The Bertz CT molecular complexity index is 479. The van der Waals surface area contributed by atoms with Crippen molar-refractivity contribution in [3.8, 4) is 0 Å². The number of aliphatic hydroxyl groups is 1. The molecule has 0 aromatic rings. The van der Waals surface area contributed by atoms with Crippen molar-refractivity contribution in [2.45, 2.75) is 56.9 Å². The number of cyclic esters (lactones) is 1.